The Kier molecular flexibility index (Phi) is 6.46. The van der Waals surface area contributed by atoms with Crippen LogP contribution < -0.4 is 9.64 Å². The van der Waals surface area contributed by atoms with Gasteiger partial charge in [0.2, 0.25) is 5.88 Å². The number of benzene rings is 1. The summed E-state index contributed by atoms with van der Waals surface area (Å²) in [6, 6.07) is 15.2. The first-order chi connectivity index (χ1) is 15.2. The molecule has 158 valence electrons. The van der Waals surface area contributed by atoms with Crippen molar-refractivity contribution >= 4 is 23.0 Å². The van der Waals surface area contributed by atoms with Gasteiger partial charge >= 0.3 is 5.97 Å². The van der Waals surface area contributed by atoms with Gasteiger partial charge in [0.05, 0.1) is 42.1 Å². The van der Waals surface area contributed by atoms with Crippen LogP contribution in [-0.4, -0.2) is 44.4 Å². The number of hydrogen-bond acceptors (Lipinski definition) is 8. The van der Waals surface area contributed by atoms with Crippen LogP contribution in [-0.2, 0) is 16.1 Å². The second-order valence-corrected chi connectivity index (χ2v) is 7.82. The summed E-state index contributed by atoms with van der Waals surface area (Å²) >= 11 is 1.59. The number of morpholine rings is 1. The third-order valence-electron chi connectivity index (χ3n) is 4.95. The third-order valence-corrected chi connectivity index (χ3v) is 5.85. The Bertz CT molecular complexity index is 1090. The van der Waals surface area contributed by atoms with Crippen LogP contribution in [0.15, 0.2) is 47.8 Å². The van der Waals surface area contributed by atoms with Gasteiger partial charge in [0.25, 0.3) is 0 Å². The van der Waals surface area contributed by atoms with Crippen LogP contribution in [0.25, 0.3) is 10.6 Å². The van der Waals surface area contributed by atoms with E-state index in [-0.39, 0.29) is 12.6 Å². The normalized spacial score (nSPS) is 13.5. The smallest absolute Gasteiger partial charge is 0.337 e. The highest BCUT2D eigenvalue weighted by Crippen LogP contribution is 2.34. The van der Waals surface area contributed by atoms with Gasteiger partial charge in [0.15, 0.2) is 0 Å². The first-order valence-electron chi connectivity index (χ1n) is 9.81. The molecule has 3 heterocycles. The highest BCUT2D eigenvalue weighted by molar-refractivity contribution is 7.13. The Balaban J connectivity index is 1.64. The summed E-state index contributed by atoms with van der Waals surface area (Å²) in [5.41, 5.74) is 3.31. The largest absolute Gasteiger partial charge is 0.472 e. The lowest BCUT2D eigenvalue weighted by Gasteiger charge is -2.30. The average Bonchev–Trinajstić information content (AvgIpc) is 3.37. The summed E-state index contributed by atoms with van der Waals surface area (Å²) < 4.78 is 16.2. The number of nitriles is 1. The molecule has 0 bridgehead atoms. The van der Waals surface area contributed by atoms with Gasteiger partial charge in [-0.1, -0.05) is 18.2 Å². The van der Waals surface area contributed by atoms with Gasteiger partial charge in [0, 0.05) is 13.1 Å². The minimum Gasteiger partial charge on any atom is -0.472 e. The average molecular weight is 436 g/mol. The maximum atomic E-state index is 11.6. The van der Waals surface area contributed by atoms with E-state index in [4.69, 9.17) is 14.2 Å². The van der Waals surface area contributed by atoms with Crippen molar-refractivity contribution in [3.8, 4) is 22.5 Å². The summed E-state index contributed by atoms with van der Waals surface area (Å²) in [7, 11) is 1.35. The number of nitrogens with zero attached hydrogens (tertiary/aromatic N) is 3. The molecule has 3 aromatic rings. The number of methoxy groups -OCH3 is 1. The number of carbonyl (C=O) groups excluding carboxylic acids is 1. The Morgan fingerprint density at radius 3 is 2.68 bits per heavy atom. The van der Waals surface area contributed by atoms with E-state index in [1.807, 2.05) is 23.6 Å². The predicted octanol–water partition coefficient (Wildman–Crippen LogP) is 3.88. The molecule has 0 radical (unpaired) electrons. The highest BCUT2D eigenvalue weighted by atomic mass is 32.1. The molecule has 0 spiro atoms. The number of hydrogen-bond donors (Lipinski definition) is 0. The second-order valence-electron chi connectivity index (χ2n) is 6.87. The van der Waals surface area contributed by atoms with Crippen LogP contribution in [0.1, 0.15) is 21.5 Å². The Morgan fingerprint density at radius 2 is 2.03 bits per heavy atom. The minimum absolute atomic E-state index is 0.222. The van der Waals surface area contributed by atoms with Gasteiger partial charge < -0.3 is 19.1 Å². The zero-order valence-corrected chi connectivity index (χ0v) is 17.9. The summed E-state index contributed by atoms with van der Waals surface area (Å²) in [5.74, 6) is -0.0911. The van der Waals surface area contributed by atoms with E-state index in [2.05, 4.69) is 16.0 Å². The number of rotatable bonds is 6. The molecule has 0 atom stereocenters. The van der Waals surface area contributed by atoms with Crippen molar-refractivity contribution < 1.29 is 19.0 Å². The van der Waals surface area contributed by atoms with Crippen LogP contribution in [0.3, 0.4) is 0 Å². The molecule has 1 saturated heterocycles. The Morgan fingerprint density at radius 1 is 1.26 bits per heavy atom. The molecule has 0 saturated carbocycles. The van der Waals surface area contributed by atoms with Crippen molar-refractivity contribution in [2.24, 2.45) is 0 Å². The highest BCUT2D eigenvalue weighted by Gasteiger charge is 2.22. The molecule has 7 nitrogen and oxygen atoms in total. The van der Waals surface area contributed by atoms with Gasteiger partial charge in [-0.25, -0.2) is 9.78 Å². The zero-order valence-electron chi connectivity index (χ0n) is 17.0. The number of thiophene rings is 1. The van der Waals surface area contributed by atoms with Crippen LogP contribution in [0.2, 0.25) is 0 Å². The fourth-order valence-corrected chi connectivity index (χ4v) is 4.02. The van der Waals surface area contributed by atoms with Crippen molar-refractivity contribution in [1.29, 1.82) is 5.26 Å². The number of ether oxygens (including phenoxy) is 3. The standard InChI is InChI=1S/C23H21N3O4S/c1-28-23(27)17-6-4-16(5-7-17)15-30-22-18(14-24)20(26-8-10-29-11-9-26)13-19(25-22)21-3-2-12-31-21/h2-7,12-13H,8-11,15H2,1H3. The van der Waals surface area contributed by atoms with Gasteiger partial charge in [-0.15, -0.1) is 11.3 Å². The number of aromatic nitrogens is 1. The number of anilines is 1. The molecule has 0 aliphatic carbocycles. The summed E-state index contributed by atoms with van der Waals surface area (Å²) in [6.07, 6.45) is 0. The van der Waals surface area contributed by atoms with E-state index in [1.54, 1.807) is 35.6 Å². The SMILES string of the molecule is COC(=O)c1ccc(COc2nc(-c3cccs3)cc(N3CCOCC3)c2C#N)cc1. The number of carbonyl (C=O) groups is 1. The first-order valence-corrected chi connectivity index (χ1v) is 10.7. The lowest BCUT2D eigenvalue weighted by molar-refractivity contribution is 0.0600. The molecule has 1 aliphatic rings. The van der Waals surface area contributed by atoms with Crippen LogP contribution in [0, 0.1) is 11.3 Å². The van der Waals surface area contributed by atoms with Crippen molar-refractivity contribution in [3.05, 3.63) is 64.5 Å². The molecular formula is C23H21N3O4S. The Labute approximate surface area is 184 Å². The molecule has 2 aromatic heterocycles. The molecule has 1 aliphatic heterocycles. The fraction of sp³-hybridized carbons (Fsp3) is 0.261. The molecule has 0 unspecified atom stereocenters. The molecule has 0 amide bonds. The van der Waals surface area contributed by atoms with E-state index >= 15 is 0 Å². The van der Waals surface area contributed by atoms with Gasteiger partial charge in [-0.3, -0.25) is 0 Å². The monoisotopic (exact) mass is 435 g/mol. The Hall–Kier alpha value is -3.41. The maximum Gasteiger partial charge on any atom is 0.337 e. The predicted molar refractivity (Wildman–Crippen MR) is 117 cm³/mol. The van der Waals surface area contributed by atoms with E-state index < -0.39 is 0 Å². The molecular weight excluding hydrogens is 414 g/mol. The maximum absolute atomic E-state index is 11.6. The molecule has 8 heteroatoms. The molecule has 31 heavy (non-hydrogen) atoms. The number of esters is 1. The summed E-state index contributed by atoms with van der Waals surface area (Å²) in [4.78, 5) is 19.4. The van der Waals surface area contributed by atoms with E-state index in [0.717, 1.165) is 21.8 Å². The van der Waals surface area contributed by atoms with Crippen LogP contribution in [0.5, 0.6) is 5.88 Å². The third kappa shape index (κ3) is 4.68. The summed E-state index contributed by atoms with van der Waals surface area (Å²) in [5, 5.41) is 11.9. The topological polar surface area (TPSA) is 84.7 Å². The quantitative estimate of drug-likeness (QED) is 0.543. The molecule has 1 aromatic carbocycles. The van der Waals surface area contributed by atoms with Gasteiger partial charge in [-0.2, -0.15) is 5.26 Å². The molecule has 0 N–H and O–H groups in total. The van der Waals surface area contributed by atoms with E-state index in [1.165, 1.54) is 7.11 Å². The van der Waals surface area contributed by atoms with Gasteiger partial charge in [0.1, 0.15) is 18.2 Å². The fourth-order valence-electron chi connectivity index (χ4n) is 3.33. The zero-order chi connectivity index (χ0) is 21.6. The van der Waals surface area contributed by atoms with Crippen LogP contribution in [0.4, 0.5) is 5.69 Å². The molecule has 4 rings (SSSR count). The van der Waals surface area contributed by atoms with Crippen molar-refractivity contribution in [2.45, 2.75) is 6.61 Å². The first kappa shape index (κ1) is 20.8. The van der Waals surface area contributed by atoms with Crippen molar-refractivity contribution in [3.63, 3.8) is 0 Å². The number of pyridine rings is 1. The lowest BCUT2D eigenvalue weighted by atomic mass is 10.1. The van der Waals surface area contributed by atoms with E-state index in [0.29, 0.717) is 43.3 Å². The van der Waals surface area contributed by atoms with Gasteiger partial charge in [-0.05, 0) is 35.2 Å². The summed E-state index contributed by atoms with van der Waals surface area (Å²) in [6.45, 7) is 2.86. The minimum atomic E-state index is -0.389. The second kappa shape index (κ2) is 9.60. The van der Waals surface area contributed by atoms with Crippen molar-refractivity contribution in [1.82, 2.24) is 4.98 Å². The van der Waals surface area contributed by atoms with E-state index in [9.17, 15) is 10.1 Å². The lowest BCUT2D eigenvalue weighted by Crippen LogP contribution is -2.36. The van der Waals surface area contributed by atoms with Crippen molar-refractivity contribution in [2.75, 3.05) is 38.3 Å². The molecule has 1 fully saturated rings. The van der Waals surface area contributed by atoms with Crippen LogP contribution >= 0.6 is 11.3 Å².